The van der Waals surface area contributed by atoms with Gasteiger partial charge in [0.1, 0.15) is 10.9 Å². The molecule has 0 spiro atoms. The monoisotopic (exact) mass is 207 g/mol. The average Bonchev–Trinajstić information content (AvgIpc) is 2.64. The van der Waals surface area contributed by atoms with Gasteiger partial charge in [-0.1, -0.05) is 0 Å². The summed E-state index contributed by atoms with van der Waals surface area (Å²) >= 11 is 1.75. The van der Waals surface area contributed by atoms with Crippen LogP contribution in [-0.2, 0) is 13.0 Å². The molecule has 0 saturated carbocycles. The first-order chi connectivity index (χ1) is 6.88. The Bertz CT molecular complexity index is 492. The number of nitrogens with zero attached hydrogens (tertiary/aromatic N) is 3. The molecule has 0 unspecified atom stereocenters. The number of nitrogens with two attached hydrogens (primary N) is 1. The smallest absolute Gasteiger partial charge is 0.185 e. The number of aromatic amines is 1. The number of rotatable bonds is 1. The Morgan fingerprint density at radius 3 is 3.21 bits per heavy atom. The van der Waals surface area contributed by atoms with Crippen LogP contribution in [0.25, 0.3) is 11.0 Å². The molecule has 0 amide bonds. The topological polar surface area (TPSA) is 80.5 Å². The van der Waals surface area contributed by atoms with Crippen molar-refractivity contribution < 1.29 is 0 Å². The Hall–Kier alpha value is -1.14. The van der Waals surface area contributed by atoms with E-state index in [1.54, 1.807) is 11.8 Å². The van der Waals surface area contributed by atoms with Crippen LogP contribution >= 0.6 is 11.8 Å². The Balaban J connectivity index is 2.36. The lowest BCUT2D eigenvalue weighted by molar-refractivity contribution is 0.883. The molecule has 3 rings (SSSR count). The van der Waals surface area contributed by atoms with Crippen molar-refractivity contribution in [1.82, 2.24) is 20.2 Å². The number of hydrogen-bond donors (Lipinski definition) is 2. The summed E-state index contributed by atoms with van der Waals surface area (Å²) in [6, 6.07) is 0. The van der Waals surface area contributed by atoms with Gasteiger partial charge in [0.05, 0.1) is 11.9 Å². The Labute approximate surface area is 84.5 Å². The Morgan fingerprint density at radius 2 is 2.36 bits per heavy atom. The highest BCUT2D eigenvalue weighted by Crippen LogP contribution is 2.31. The van der Waals surface area contributed by atoms with Gasteiger partial charge >= 0.3 is 0 Å². The fourth-order valence-electron chi connectivity index (χ4n) is 1.62. The van der Waals surface area contributed by atoms with E-state index < -0.39 is 0 Å². The van der Waals surface area contributed by atoms with Crippen molar-refractivity contribution in [2.75, 3.05) is 5.75 Å². The van der Waals surface area contributed by atoms with Crippen LogP contribution in [0, 0.1) is 0 Å². The molecule has 1 aliphatic rings. The predicted octanol–water partition coefficient (Wildman–Crippen LogP) is 0.460. The second-order valence-corrected chi connectivity index (χ2v) is 4.23. The number of aryl methyl sites for hydroxylation is 1. The number of hydrogen-bond acceptors (Lipinski definition) is 5. The normalized spacial score (nSPS) is 14.9. The zero-order valence-corrected chi connectivity index (χ0v) is 8.27. The molecule has 0 fully saturated rings. The molecule has 2 aromatic heterocycles. The Kier molecular flexibility index (Phi) is 1.71. The minimum atomic E-state index is 0.367. The van der Waals surface area contributed by atoms with Gasteiger partial charge in [-0.3, -0.25) is 5.10 Å². The van der Waals surface area contributed by atoms with E-state index >= 15 is 0 Å². The molecule has 6 heteroatoms. The highest BCUT2D eigenvalue weighted by Gasteiger charge is 2.18. The summed E-state index contributed by atoms with van der Waals surface area (Å²) in [5.41, 5.74) is 7.42. The van der Waals surface area contributed by atoms with E-state index in [4.69, 9.17) is 5.73 Å². The first kappa shape index (κ1) is 8.19. The van der Waals surface area contributed by atoms with E-state index in [-0.39, 0.29) is 0 Å². The zero-order valence-electron chi connectivity index (χ0n) is 7.45. The Morgan fingerprint density at radius 1 is 1.43 bits per heavy atom. The van der Waals surface area contributed by atoms with Crippen LogP contribution in [-0.4, -0.2) is 25.9 Å². The minimum Gasteiger partial charge on any atom is -0.324 e. The quantitative estimate of drug-likeness (QED) is 0.664. The SMILES string of the molecule is NCc1nc2c3c([nH]nc3n1)CCS2. The highest BCUT2D eigenvalue weighted by atomic mass is 32.2. The summed E-state index contributed by atoms with van der Waals surface area (Å²) in [5, 5.41) is 9.25. The van der Waals surface area contributed by atoms with Crippen molar-refractivity contribution in [3.63, 3.8) is 0 Å². The van der Waals surface area contributed by atoms with Crippen LogP contribution in [0.15, 0.2) is 5.03 Å². The second kappa shape index (κ2) is 2.93. The van der Waals surface area contributed by atoms with Crippen LogP contribution in [0.4, 0.5) is 0 Å². The van der Waals surface area contributed by atoms with Gasteiger partial charge in [0.15, 0.2) is 5.65 Å². The molecule has 0 saturated heterocycles. The van der Waals surface area contributed by atoms with Gasteiger partial charge in [-0.25, -0.2) is 9.97 Å². The van der Waals surface area contributed by atoms with E-state index in [0.717, 1.165) is 33.9 Å². The van der Waals surface area contributed by atoms with Gasteiger partial charge in [0.25, 0.3) is 0 Å². The molecule has 14 heavy (non-hydrogen) atoms. The van der Waals surface area contributed by atoms with Crippen molar-refractivity contribution in [3.05, 3.63) is 11.5 Å². The predicted molar refractivity (Wildman–Crippen MR) is 54.0 cm³/mol. The summed E-state index contributed by atoms with van der Waals surface area (Å²) in [4.78, 5) is 8.65. The third-order valence-corrected chi connectivity index (χ3v) is 3.25. The molecule has 2 aromatic rings. The standard InChI is InChI=1S/C8H9N5S/c9-3-5-10-7-6-4(12-13-7)1-2-14-8(6)11-5/h1-3,9H2,(H,10,11,12,13). The molecule has 3 N–H and O–H groups in total. The van der Waals surface area contributed by atoms with Crippen molar-refractivity contribution in [3.8, 4) is 0 Å². The maximum absolute atomic E-state index is 5.52. The summed E-state index contributed by atoms with van der Waals surface area (Å²) in [6.07, 6.45) is 1.01. The lowest BCUT2D eigenvalue weighted by Crippen LogP contribution is -2.06. The van der Waals surface area contributed by atoms with E-state index in [1.807, 2.05) is 0 Å². The lowest BCUT2D eigenvalue weighted by atomic mass is 10.2. The number of H-pyrrole nitrogens is 1. The van der Waals surface area contributed by atoms with E-state index in [0.29, 0.717) is 12.4 Å². The molecule has 72 valence electrons. The first-order valence-corrected chi connectivity index (χ1v) is 5.44. The van der Waals surface area contributed by atoms with Gasteiger partial charge in [-0.15, -0.1) is 11.8 Å². The minimum absolute atomic E-state index is 0.367. The van der Waals surface area contributed by atoms with Crippen molar-refractivity contribution in [2.45, 2.75) is 18.0 Å². The molecule has 0 bridgehead atoms. The van der Waals surface area contributed by atoms with E-state index in [2.05, 4.69) is 20.2 Å². The van der Waals surface area contributed by atoms with Crippen LogP contribution in [0.1, 0.15) is 11.5 Å². The van der Waals surface area contributed by atoms with Gasteiger partial charge in [-0.05, 0) is 6.42 Å². The molecule has 0 aromatic carbocycles. The molecule has 0 radical (unpaired) electrons. The lowest BCUT2D eigenvalue weighted by Gasteiger charge is -2.09. The fourth-order valence-corrected chi connectivity index (χ4v) is 2.65. The average molecular weight is 207 g/mol. The van der Waals surface area contributed by atoms with Crippen LogP contribution in [0.2, 0.25) is 0 Å². The van der Waals surface area contributed by atoms with Crippen molar-refractivity contribution in [1.29, 1.82) is 0 Å². The van der Waals surface area contributed by atoms with Gasteiger partial charge in [0, 0.05) is 11.4 Å². The van der Waals surface area contributed by atoms with Crippen LogP contribution in [0.3, 0.4) is 0 Å². The molecular weight excluding hydrogens is 198 g/mol. The van der Waals surface area contributed by atoms with Gasteiger partial charge in [-0.2, -0.15) is 5.10 Å². The van der Waals surface area contributed by atoms with E-state index in [1.165, 1.54) is 0 Å². The van der Waals surface area contributed by atoms with Gasteiger partial charge in [0.2, 0.25) is 0 Å². The number of aromatic nitrogens is 4. The molecular formula is C8H9N5S. The second-order valence-electron chi connectivity index (χ2n) is 3.15. The summed E-state index contributed by atoms with van der Waals surface area (Å²) in [5.74, 6) is 1.71. The third-order valence-electron chi connectivity index (χ3n) is 2.27. The summed E-state index contributed by atoms with van der Waals surface area (Å²) < 4.78 is 0. The molecule has 1 aliphatic heterocycles. The molecule has 0 aliphatic carbocycles. The van der Waals surface area contributed by atoms with Crippen LogP contribution < -0.4 is 5.73 Å². The largest absolute Gasteiger partial charge is 0.324 e. The van der Waals surface area contributed by atoms with Gasteiger partial charge < -0.3 is 5.73 Å². The highest BCUT2D eigenvalue weighted by molar-refractivity contribution is 7.99. The number of nitrogens with one attached hydrogen (secondary N) is 1. The first-order valence-electron chi connectivity index (χ1n) is 4.45. The summed E-state index contributed by atoms with van der Waals surface area (Å²) in [6.45, 7) is 0.367. The zero-order chi connectivity index (χ0) is 9.54. The maximum atomic E-state index is 5.52. The summed E-state index contributed by atoms with van der Waals surface area (Å²) in [7, 11) is 0. The van der Waals surface area contributed by atoms with Crippen molar-refractivity contribution in [2.24, 2.45) is 5.73 Å². The third kappa shape index (κ3) is 1.04. The fraction of sp³-hybridized carbons (Fsp3) is 0.375. The van der Waals surface area contributed by atoms with Crippen molar-refractivity contribution >= 4 is 22.8 Å². The molecule has 0 atom stereocenters. The van der Waals surface area contributed by atoms with Crippen LogP contribution in [0.5, 0.6) is 0 Å². The number of thioether (sulfide) groups is 1. The molecule has 5 nitrogen and oxygen atoms in total. The molecule has 3 heterocycles. The van der Waals surface area contributed by atoms with E-state index in [9.17, 15) is 0 Å². The maximum Gasteiger partial charge on any atom is 0.185 e.